The summed E-state index contributed by atoms with van der Waals surface area (Å²) in [6.45, 7) is 8.48. The molecule has 0 atom stereocenters. The molecule has 2 rings (SSSR count). The summed E-state index contributed by atoms with van der Waals surface area (Å²) in [5.41, 5.74) is 8.85. The normalized spacial score (nSPS) is 12.2. The molecule has 1 aromatic carbocycles. The molecule has 0 radical (unpaired) electrons. The minimum atomic E-state index is 0.220. The Morgan fingerprint density at radius 1 is 1.22 bits per heavy atom. The third-order valence-corrected chi connectivity index (χ3v) is 3.84. The van der Waals surface area contributed by atoms with E-state index in [4.69, 9.17) is 5.73 Å². The van der Waals surface area contributed by atoms with Crippen molar-refractivity contribution in [3.63, 3.8) is 0 Å². The lowest BCUT2D eigenvalue weighted by Gasteiger charge is -2.22. The summed E-state index contributed by atoms with van der Waals surface area (Å²) in [4.78, 5) is 0. The summed E-state index contributed by atoms with van der Waals surface area (Å²) in [5.74, 6) is 0. The summed E-state index contributed by atoms with van der Waals surface area (Å²) in [6, 6.07) is 8.78. The molecule has 0 saturated carbocycles. The van der Waals surface area contributed by atoms with Gasteiger partial charge in [0.05, 0.1) is 5.52 Å². The zero-order valence-corrected chi connectivity index (χ0v) is 11.7. The maximum atomic E-state index is 5.81. The second-order valence-corrected chi connectivity index (χ2v) is 5.84. The van der Waals surface area contributed by atoms with Crippen LogP contribution in [0.25, 0.3) is 10.9 Å². The van der Waals surface area contributed by atoms with Gasteiger partial charge in [0.1, 0.15) is 0 Å². The van der Waals surface area contributed by atoms with E-state index in [0.29, 0.717) is 0 Å². The van der Waals surface area contributed by atoms with Crippen LogP contribution in [0.3, 0.4) is 0 Å². The van der Waals surface area contributed by atoms with E-state index in [0.717, 1.165) is 25.9 Å². The number of rotatable bonds is 5. The Morgan fingerprint density at radius 3 is 2.67 bits per heavy atom. The van der Waals surface area contributed by atoms with Crippen molar-refractivity contribution in [2.45, 2.75) is 40.2 Å². The zero-order valence-electron chi connectivity index (χ0n) is 11.7. The van der Waals surface area contributed by atoms with Crippen LogP contribution in [0.4, 0.5) is 0 Å². The maximum absolute atomic E-state index is 5.81. The second-order valence-electron chi connectivity index (χ2n) is 5.84. The van der Waals surface area contributed by atoms with Crippen LogP contribution < -0.4 is 5.73 Å². The van der Waals surface area contributed by atoms with Crippen molar-refractivity contribution in [2.75, 3.05) is 6.54 Å². The molecule has 1 heterocycles. The molecule has 2 aromatic rings. The predicted molar refractivity (Wildman–Crippen MR) is 78.8 cm³/mol. The number of hydrogen-bond acceptors (Lipinski definition) is 1. The first-order chi connectivity index (χ1) is 8.57. The van der Waals surface area contributed by atoms with Gasteiger partial charge in [0.15, 0.2) is 0 Å². The highest BCUT2D eigenvalue weighted by molar-refractivity contribution is 5.83. The molecule has 0 aliphatic rings. The predicted octanol–water partition coefficient (Wildman–Crippen LogP) is 3.58. The molecule has 0 spiro atoms. The molecule has 0 unspecified atom stereocenters. The van der Waals surface area contributed by atoms with Gasteiger partial charge in [-0.2, -0.15) is 0 Å². The fourth-order valence-electron chi connectivity index (χ4n) is 2.34. The van der Waals surface area contributed by atoms with Gasteiger partial charge in [-0.3, -0.25) is 0 Å². The van der Waals surface area contributed by atoms with Crippen molar-refractivity contribution >= 4 is 10.9 Å². The topological polar surface area (TPSA) is 30.9 Å². The summed E-state index contributed by atoms with van der Waals surface area (Å²) >= 11 is 0. The molecule has 1 aromatic heterocycles. The molecule has 0 aliphatic carbocycles. The monoisotopic (exact) mass is 244 g/mol. The summed E-state index contributed by atoms with van der Waals surface area (Å²) in [6.07, 6.45) is 4.41. The van der Waals surface area contributed by atoms with E-state index in [1.165, 1.54) is 16.5 Å². The Labute approximate surface area is 110 Å². The van der Waals surface area contributed by atoms with Gasteiger partial charge in [-0.1, -0.05) is 39.0 Å². The summed E-state index contributed by atoms with van der Waals surface area (Å²) in [5, 5.41) is 1.35. The highest BCUT2D eigenvalue weighted by atomic mass is 15.0. The fraction of sp³-hybridized carbons (Fsp3) is 0.500. The van der Waals surface area contributed by atoms with Crippen LogP contribution in [-0.4, -0.2) is 11.1 Å². The Balaban J connectivity index is 2.29. The molecule has 0 bridgehead atoms. The van der Waals surface area contributed by atoms with E-state index in [-0.39, 0.29) is 5.41 Å². The van der Waals surface area contributed by atoms with E-state index >= 15 is 0 Å². The average Bonchev–Trinajstić information content (AvgIpc) is 2.79. The van der Waals surface area contributed by atoms with Gasteiger partial charge < -0.3 is 10.3 Å². The molecular formula is C16H24N2. The molecule has 18 heavy (non-hydrogen) atoms. The highest BCUT2D eigenvalue weighted by Gasteiger charge is 2.16. The van der Waals surface area contributed by atoms with Crippen molar-refractivity contribution in [2.24, 2.45) is 11.1 Å². The second kappa shape index (κ2) is 5.15. The lowest BCUT2D eigenvalue weighted by molar-refractivity contribution is 0.326. The zero-order chi connectivity index (χ0) is 13.2. The SMILES string of the molecule is CCc1cccc2ccn(CCC(C)(C)CN)c12. The fourth-order valence-corrected chi connectivity index (χ4v) is 2.34. The van der Waals surface area contributed by atoms with Gasteiger partial charge in [-0.25, -0.2) is 0 Å². The van der Waals surface area contributed by atoms with E-state index in [9.17, 15) is 0 Å². The van der Waals surface area contributed by atoms with E-state index < -0.39 is 0 Å². The van der Waals surface area contributed by atoms with Gasteiger partial charge in [0.25, 0.3) is 0 Å². The number of nitrogens with zero attached hydrogens (tertiary/aromatic N) is 1. The molecule has 0 saturated heterocycles. The van der Waals surface area contributed by atoms with Crippen molar-refractivity contribution in [3.05, 3.63) is 36.0 Å². The van der Waals surface area contributed by atoms with Crippen molar-refractivity contribution in [3.8, 4) is 0 Å². The van der Waals surface area contributed by atoms with Crippen LogP contribution in [0, 0.1) is 5.41 Å². The van der Waals surface area contributed by atoms with E-state index in [1.807, 2.05) is 0 Å². The lowest BCUT2D eigenvalue weighted by Crippen LogP contribution is -2.25. The average molecular weight is 244 g/mol. The van der Waals surface area contributed by atoms with Gasteiger partial charge in [0.2, 0.25) is 0 Å². The standard InChI is InChI=1S/C16H24N2/c1-4-13-6-5-7-14-8-10-18(15(13)14)11-9-16(2,3)12-17/h5-8,10H,4,9,11-12,17H2,1-3H3. The number of benzene rings is 1. The van der Waals surface area contributed by atoms with Gasteiger partial charge in [-0.15, -0.1) is 0 Å². The third kappa shape index (κ3) is 2.59. The number of nitrogens with two attached hydrogens (primary N) is 1. The largest absolute Gasteiger partial charge is 0.347 e. The number of para-hydroxylation sites is 1. The number of hydrogen-bond donors (Lipinski definition) is 1. The first-order valence-corrected chi connectivity index (χ1v) is 6.84. The Bertz CT molecular complexity index is 523. The van der Waals surface area contributed by atoms with Crippen LogP contribution in [0.2, 0.25) is 0 Å². The highest BCUT2D eigenvalue weighted by Crippen LogP contribution is 2.24. The smallest absolute Gasteiger partial charge is 0.0512 e. The molecule has 0 aliphatic heterocycles. The van der Waals surface area contributed by atoms with Crippen molar-refractivity contribution in [1.82, 2.24) is 4.57 Å². The number of fused-ring (bicyclic) bond motifs is 1. The minimum Gasteiger partial charge on any atom is -0.347 e. The van der Waals surface area contributed by atoms with E-state index in [2.05, 4.69) is 55.8 Å². The summed E-state index contributed by atoms with van der Waals surface area (Å²) < 4.78 is 2.38. The van der Waals surface area contributed by atoms with Crippen LogP contribution in [0.15, 0.2) is 30.5 Å². The summed E-state index contributed by atoms with van der Waals surface area (Å²) in [7, 11) is 0. The first kappa shape index (κ1) is 13.2. The number of aromatic nitrogens is 1. The van der Waals surface area contributed by atoms with Crippen molar-refractivity contribution < 1.29 is 0 Å². The van der Waals surface area contributed by atoms with Crippen LogP contribution in [-0.2, 0) is 13.0 Å². The molecule has 98 valence electrons. The molecule has 0 fully saturated rings. The van der Waals surface area contributed by atoms with Gasteiger partial charge in [0, 0.05) is 12.7 Å². The van der Waals surface area contributed by atoms with Crippen molar-refractivity contribution in [1.29, 1.82) is 0 Å². The molecule has 2 heteroatoms. The molecule has 2 nitrogen and oxygen atoms in total. The Hall–Kier alpha value is -1.28. The van der Waals surface area contributed by atoms with E-state index in [1.54, 1.807) is 0 Å². The number of aryl methyl sites for hydroxylation is 2. The third-order valence-electron chi connectivity index (χ3n) is 3.84. The Kier molecular flexibility index (Phi) is 3.76. The lowest BCUT2D eigenvalue weighted by atomic mass is 9.89. The quantitative estimate of drug-likeness (QED) is 0.856. The van der Waals surface area contributed by atoms with Gasteiger partial charge in [-0.05, 0) is 41.8 Å². The first-order valence-electron chi connectivity index (χ1n) is 6.84. The van der Waals surface area contributed by atoms with Crippen LogP contribution in [0.5, 0.6) is 0 Å². The van der Waals surface area contributed by atoms with Crippen LogP contribution >= 0.6 is 0 Å². The molecule has 0 amide bonds. The Morgan fingerprint density at radius 2 is 2.00 bits per heavy atom. The minimum absolute atomic E-state index is 0.220. The molecule has 2 N–H and O–H groups in total. The maximum Gasteiger partial charge on any atom is 0.0512 e. The van der Waals surface area contributed by atoms with Gasteiger partial charge >= 0.3 is 0 Å². The molecular weight excluding hydrogens is 220 g/mol. The van der Waals surface area contributed by atoms with Crippen LogP contribution in [0.1, 0.15) is 32.8 Å².